The van der Waals surface area contributed by atoms with E-state index in [1.54, 1.807) is 0 Å². The summed E-state index contributed by atoms with van der Waals surface area (Å²) in [6.07, 6.45) is 2.41. The minimum absolute atomic E-state index is 0.0237. The van der Waals surface area contributed by atoms with E-state index in [9.17, 15) is 4.79 Å². The molecule has 82 valence electrons. The van der Waals surface area contributed by atoms with Gasteiger partial charge in [-0.05, 0) is 30.0 Å². The zero-order valence-electron chi connectivity index (χ0n) is 9.71. The lowest BCUT2D eigenvalue weighted by Gasteiger charge is -2.11. The predicted octanol–water partition coefficient (Wildman–Crippen LogP) is 3.55. The maximum Gasteiger partial charge on any atom is 0.221 e. The molecule has 1 amide bonds. The standard InChI is InChI=1S/C13H19NO/c1-4-5-10(2)12-6-8-13(9-7-12)14-11(3)15/h6-10H,4-5H2,1-3H3,(H,14,15)/t10-/m1/s1. The zero-order valence-corrected chi connectivity index (χ0v) is 9.71. The number of anilines is 1. The third-order valence-corrected chi connectivity index (χ3v) is 2.52. The minimum atomic E-state index is -0.0237. The highest BCUT2D eigenvalue weighted by atomic mass is 16.1. The molecule has 1 atom stereocenters. The van der Waals surface area contributed by atoms with Crippen molar-refractivity contribution in [3.05, 3.63) is 29.8 Å². The molecule has 1 rings (SSSR count). The molecule has 2 nitrogen and oxygen atoms in total. The SMILES string of the molecule is CCC[C@@H](C)c1ccc(NC(C)=O)cc1. The summed E-state index contributed by atoms with van der Waals surface area (Å²) in [6.45, 7) is 5.95. The zero-order chi connectivity index (χ0) is 11.3. The van der Waals surface area contributed by atoms with Crippen LogP contribution in [0.3, 0.4) is 0 Å². The maximum absolute atomic E-state index is 10.8. The largest absolute Gasteiger partial charge is 0.326 e. The highest BCUT2D eigenvalue weighted by Crippen LogP contribution is 2.21. The Kier molecular flexibility index (Phi) is 4.35. The fourth-order valence-electron chi connectivity index (χ4n) is 1.70. The van der Waals surface area contributed by atoms with Crippen molar-refractivity contribution in [1.29, 1.82) is 0 Å². The summed E-state index contributed by atoms with van der Waals surface area (Å²) in [6, 6.07) is 8.10. The van der Waals surface area contributed by atoms with Gasteiger partial charge in [-0.1, -0.05) is 32.4 Å². The Morgan fingerprint density at radius 3 is 2.40 bits per heavy atom. The van der Waals surface area contributed by atoms with Crippen LogP contribution in [0.1, 0.15) is 45.1 Å². The number of hydrogen-bond acceptors (Lipinski definition) is 1. The van der Waals surface area contributed by atoms with Gasteiger partial charge in [-0.2, -0.15) is 0 Å². The Morgan fingerprint density at radius 1 is 1.33 bits per heavy atom. The molecule has 1 aromatic rings. The number of carbonyl (C=O) groups excluding carboxylic acids is 1. The van der Waals surface area contributed by atoms with Crippen LogP contribution < -0.4 is 5.32 Å². The van der Waals surface area contributed by atoms with Gasteiger partial charge in [0.1, 0.15) is 0 Å². The van der Waals surface area contributed by atoms with E-state index in [1.807, 2.05) is 12.1 Å². The molecule has 0 radical (unpaired) electrons. The molecule has 0 aliphatic carbocycles. The Bertz CT molecular complexity index is 316. The monoisotopic (exact) mass is 205 g/mol. The number of rotatable bonds is 4. The van der Waals surface area contributed by atoms with Crippen LogP contribution in [0.5, 0.6) is 0 Å². The topological polar surface area (TPSA) is 29.1 Å². The van der Waals surface area contributed by atoms with Crippen molar-refractivity contribution in [3.8, 4) is 0 Å². The molecule has 1 N–H and O–H groups in total. The summed E-state index contributed by atoms with van der Waals surface area (Å²) >= 11 is 0. The summed E-state index contributed by atoms with van der Waals surface area (Å²) in [5.74, 6) is 0.575. The van der Waals surface area contributed by atoms with Crippen LogP contribution in [0.2, 0.25) is 0 Å². The molecule has 2 heteroatoms. The van der Waals surface area contributed by atoms with E-state index in [2.05, 4.69) is 31.3 Å². The van der Waals surface area contributed by atoms with Gasteiger partial charge in [-0.3, -0.25) is 4.79 Å². The van der Waals surface area contributed by atoms with Crippen LogP contribution in [-0.4, -0.2) is 5.91 Å². The van der Waals surface area contributed by atoms with Gasteiger partial charge in [0.25, 0.3) is 0 Å². The predicted molar refractivity (Wildman–Crippen MR) is 64.1 cm³/mol. The third-order valence-electron chi connectivity index (χ3n) is 2.52. The quantitative estimate of drug-likeness (QED) is 0.800. The van der Waals surface area contributed by atoms with E-state index in [-0.39, 0.29) is 5.91 Å². The van der Waals surface area contributed by atoms with Gasteiger partial charge in [0.05, 0.1) is 0 Å². The molecule has 0 spiro atoms. The van der Waals surface area contributed by atoms with Crippen molar-refractivity contribution in [2.45, 2.75) is 39.5 Å². The van der Waals surface area contributed by atoms with E-state index in [0.717, 1.165) is 5.69 Å². The molecule has 0 aromatic heterocycles. The number of amides is 1. The molecule has 0 unspecified atom stereocenters. The highest BCUT2D eigenvalue weighted by molar-refractivity contribution is 5.88. The number of hydrogen-bond donors (Lipinski definition) is 1. The summed E-state index contributed by atoms with van der Waals surface area (Å²) < 4.78 is 0. The van der Waals surface area contributed by atoms with Crippen LogP contribution in [0, 0.1) is 0 Å². The Morgan fingerprint density at radius 2 is 1.93 bits per heavy atom. The number of benzene rings is 1. The lowest BCUT2D eigenvalue weighted by Crippen LogP contribution is -2.05. The number of nitrogens with one attached hydrogen (secondary N) is 1. The molecule has 15 heavy (non-hydrogen) atoms. The molecule has 1 aromatic carbocycles. The van der Waals surface area contributed by atoms with Crippen molar-refractivity contribution in [2.24, 2.45) is 0 Å². The first-order chi connectivity index (χ1) is 7.13. The van der Waals surface area contributed by atoms with Gasteiger partial charge < -0.3 is 5.32 Å². The highest BCUT2D eigenvalue weighted by Gasteiger charge is 2.03. The van der Waals surface area contributed by atoms with Crippen LogP contribution in [-0.2, 0) is 4.79 Å². The second-order valence-corrected chi connectivity index (χ2v) is 3.99. The molecule has 0 aliphatic heterocycles. The van der Waals surface area contributed by atoms with E-state index in [0.29, 0.717) is 5.92 Å². The van der Waals surface area contributed by atoms with E-state index in [4.69, 9.17) is 0 Å². The van der Waals surface area contributed by atoms with Gasteiger partial charge in [-0.25, -0.2) is 0 Å². The average Bonchev–Trinajstić information content (AvgIpc) is 2.18. The first-order valence-electron chi connectivity index (χ1n) is 5.51. The maximum atomic E-state index is 10.8. The van der Waals surface area contributed by atoms with Crippen molar-refractivity contribution in [2.75, 3.05) is 5.32 Å². The first kappa shape index (κ1) is 11.8. The number of carbonyl (C=O) groups is 1. The van der Waals surface area contributed by atoms with E-state index >= 15 is 0 Å². The Balaban J connectivity index is 2.67. The summed E-state index contributed by atoms with van der Waals surface area (Å²) in [7, 11) is 0. The third kappa shape index (κ3) is 3.74. The normalized spacial score (nSPS) is 12.2. The smallest absolute Gasteiger partial charge is 0.221 e. The van der Waals surface area contributed by atoms with Gasteiger partial charge >= 0.3 is 0 Å². The molecule has 0 bridgehead atoms. The van der Waals surface area contributed by atoms with E-state index in [1.165, 1.54) is 25.3 Å². The fourth-order valence-corrected chi connectivity index (χ4v) is 1.70. The molecular formula is C13H19NO. The molecular weight excluding hydrogens is 186 g/mol. The van der Waals surface area contributed by atoms with Crippen LogP contribution in [0.4, 0.5) is 5.69 Å². The summed E-state index contributed by atoms with van der Waals surface area (Å²) in [4.78, 5) is 10.8. The molecule has 0 saturated heterocycles. The second-order valence-electron chi connectivity index (χ2n) is 3.99. The summed E-state index contributed by atoms with van der Waals surface area (Å²) in [5, 5.41) is 2.76. The lowest BCUT2D eigenvalue weighted by molar-refractivity contribution is -0.114. The van der Waals surface area contributed by atoms with E-state index < -0.39 is 0 Å². The summed E-state index contributed by atoms with van der Waals surface area (Å²) in [5.41, 5.74) is 2.21. The van der Waals surface area contributed by atoms with Crippen LogP contribution in [0.15, 0.2) is 24.3 Å². The van der Waals surface area contributed by atoms with Gasteiger partial charge in [0, 0.05) is 12.6 Å². The fraction of sp³-hybridized carbons (Fsp3) is 0.462. The van der Waals surface area contributed by atoms with Gasteiger partial charge in [-0.15, -0.1) is 0 Å². The molecule has 0 fully saturated rings. The molecule has 0 saturated carbocycles. The second kappa shape index (κ2) is 5.54. The van der Waals surface area contributed by atoms with Crippen LogP contribution >= 0.6 is 0 Å². The van der Waals surface area contributed by atoms with Crippen molar-refractivity contribution in [1.82, 2.24) is 0 Å². The van der Waals surface area contributed by atoms with Crippen LogP contribution in [0.25, 0.3) is 0 Å². The van der Waals surface area contributed by atoms with Crippen molar-refractivity contribution in [3.63, 3.8) is 0 Å². The van der Waals surface area contributed by atoms with Gasteiger partial charge in [0.15, 0.2) is 0 Å². The molecule has 0 heterocycles. The van der Waals surface area contributed by atoms with Crippen molar-refractivity contribution >= 4 is 11.6 Å². The minimum Gasteiger partial charge on any atom is -0.326 e. The van der Waals surface area contributed by atoms with Gasteiger partial charge in [0.2, 0.25) is 5.91 Å². The molecule has 0 aliphatic rings. The lowest BCUT2D eigenvalue weighted by atomic mass is 9.96. The average molecular weight is 205 g/mol. The Hall–Kier alpha value is -1.31. The van der Waals surface area contributed by atoms with Crippen molar-refractivity contribution < 1.29 is 4.79 Å². The Labute approximate surface area is 91.7 Å². The first-order valence-corrected chi connectivity index (χ1v) is 5.51.